The summed E-state index contributed by atoms with van der Waals surface area (Å²) >= 11 is 0. The summed E-state index contributed by atoms with van der Waals surface area (Å²) in [4.78, 5) is 0. The quantitative estimate of drug-likeness (QED) is 0.827. The Kier molecular flexibility index (Phi) is 3.63. The summed E-state index contributed by atoms with van der Waals surface area (Å²) in [6, 6.07) is 7.62. The number of aromatic nitrogens is 2. The van der Waals surface area contributed by atoms with E-state index in [1.165, 1.54) is 0 Å². The molecule has 0 amide bonds. The van der Waals surface area contributed by atoms with Gasteiger partial charge in [-0.05, 0) is 24.6 Å². The highest BCUT2D eigenvalue weighted by Crippen LogP contribution is 2.27. The Labute approximate surface area is 106 Å². The van der Waals surface area contributed by atoms with Gasteiger partial charge in [0.2, 0.25) is 0 Å². The number of hydrogen-bond acceptors (Lipinski definition) is 3. The highest BCUT2D eigenvalue weighted by Gasteiger charge is 2.08. The Bertz CT molecular complexity index is 581. The molecule has 0 radical (unpaired) electrons. The minimum absolute atomic E-state index is 0.631. The van der Waals surface area contributed by atoms with E-state index in [1.807, 2.05) is 16.9 Å². The van der Waals surface area contributed by atoms with Crippen LogP contribution in [0.3, 0.4) is 0 Å². The molecule has 1 aromatic carbocycles. The van der Waals surface area contributed by atoms with Gasteiger partial charge < -0.3 is 4.74 Å². The van der Waals surface area contributed by atoms with Crippen molar-refractivity contribution in [2.45, 2.75) is 19.9 Å². The minimum atomic E-state index is 0.631. The van der Waals surface area contributed by atoms with Gasteiger partial charge in [0.15, 0.2) is 0 Å². The molecule has 0 aliphatic heterocycles. The van der Waals surface area contributed by atoms with Gasteiger partial charge in [0.25, 0.3) is 0 Å². The molecular formula is C14H15N3O. The molecule has 0 unspecified atom stereocenters. The Hall–Kier alpha value is -2.28. The second-order valence-electron chi connectivity index (χ2n) is 4.02. The molecule has 2 aromatic rings. The van der Waals surface area contributed by atoms with Gasteiger partial charge in [-0.25, -0.2) is 0 Å². The maximum atomic E-state index is 9.14. The zero-order valence-electron chi connectivity index (χ0n) is 10.6. The first-order chi connectivity index (χ1) is 8.78. The normalized spacial score (nSPS) is 10.1. The predicted molar refractivity (Wildman–Crippen MR) is 69.2 cm³/mol. The van der Waals surface area contributed by atoms with Crippen molar-refractivity contribution in [2.75, 3.05) is 7.11 Å². The molecule has 2 rings (SSSR count). The van der Waals surface area contributed by atoms with Crippen LogP contribution in [0.1, 0.15) is 18.9 Å². The lowest BCUT2D eigenvalue weighted by Crippen LogP contribution is -1.95. The third-order valence-electron chi connectivity index (χ3n) is 2.74. The van der Waals surface area contributed by atoms with E-state index in [4.69, 9.17) is 10.00 Å². The molecule has 0 N–H and O–H groups in total. The number of benzene rings is 1. The van der Waals surface area contributed by atoms with Crippen molar-refractivity contribution in [1.29, 1.82) is 5.26 Å². The molecule has 0 spiro atoms. The fourth-order valence-electron chi connectivity index (χ4n) is 1.84. The van der Waals surface area contributed by atoms with E-state index in [1.54, 1.807) is 25.4 Å². The number of methoxy groups -OCH3 is 1. The van der Waals surface area contributed by atoms with Crippen molar-refractivity contribution in [2.24, 2.45) is 0 Å². The molecule has 0 fully saturated rings. The van der Waals surface area contributed by atoms with E-state index < -0.39 is 0 Å². The molecule has 0 atom stereocenters. The van der Waals surface area contributed by atoms with Crippen molar-refractivity contribution in [3.63, 3.8) is 0 Å². The number of nitriles is 1. The topological polar surface area (TPSA) is 50.8 Å². The van der Waals surface area contributed by atoms with Crippen LogP contribution in [0, 0.1) is 11.3 Å². The molecule has 4 heteroatoms. The molecule has 1 heterocycles. The maximum Gasteiger partial charge on any atom is 0.119 e. The third-order valence-corrected chi connectivity index (χ3v) is 2.74. The Balaban J connectivity index is 2.44. The van der Waals surface area contributed by atoms with Crippen LogP contribution in [0.5, 0.6) is 5.75 Å². The SMILES string of the molecule is CCCn1cc(-c2cc(OC)ccc2C#N)cn1. The van der Waals surface area contributed by atoms with Gasteiger partial charge in [-0.1, -0.05) is 6.92 Å². The van der Waals surface area contributed by atoms with Crippen LogP contribution in [-0.2, 0) is 6.54 Å². The lowest BCUT2D eigenvalue weighted by molar-refractivity contribution is 0.415. The van der Waals surface area contributed by atoms with E-state index in [0.29, 0.717) is 5.56 Å². The lowest BCUT2D eigenvalue weighted by atomic mass is 10.0. The molecule has 18 heavy (non-hydrogen) atoms. The van der Waals surface area contributed by atoms with Crippen molar-refractivity contribution >= 4 is 0 Å². The number of rotatable bonds is 4. The standard InChI is InChI=1S/C14H15N3O/c1-3-6-17-10-12(9-16-17)14-7-13(18-2)5-4-11(14)8-15/h4-5,7,9-10H,3,6H2,1-2H3. The summed E-state index contributed by atoms with van der Waals surface area (Å²) in [6.07, 6.45) is 4.77. The first-order valence-electron chi connectivity index (χ1n) is 5.89. The molecule has 1 aromatic heterocycles. The van der Waals surface area contributed by atoms with Crippen molar-refractivity contribution in [3.05, 3.63) is 36.2 Å². The number of hydrogen-bond donors (Lipinski definition) is 0. The number of ether oxygens (including phenoxy) is 1. The fraction of sp³-hybridized carbons (Fsp3) is 0.286. The second-order valence-corrected chi connectivity index (χ2v) is 4.02. The van der Waals surface area contributed by atoms with Crippen LogP contribution in [-0.4, -0.2) is 16.9 Å². The van der Waals surface area contributed by atoms with Crippen LogP contribution in [0.2, 0.25) is 0 Å². The van der Waals surface area contributed by atoms with Crippen LogP contribution in [0.4, 0.5) is 0 Å². The highest BCUT2D eigenvalue weighted by atomic mass is 16.5. The van der Waals surface area contributed by atoms with Crippen molar-refractivity contribution in [1.82, 2.24) is 9.78 Å². The van der Waals surface area contributed by atoms with Gasteiger partial charge >= 0.3 is 0 Å². The van der Waals surface area contributed by atoms with E-state index in [2.05, 4.69) is 18.1 Å². The summed E-state index contributed by atoms with van der Waals surface area (Å²) in [6.45, 7) is 2.99. The number of nitrogens with zero attached hydrogens (tertiary/aromatic N) is 3. The molecule has 0 aliphatic carbocycles. The van der Waals surface area contributed by atoms with E-state index in [-0.39, 0.29) is 0 Å². The van der Waals surface area contributed by atoms with Crippen molar-refractivity contribution < 1.29 is 4.74 Å². The van der Waals surface area contributed by atoms with Crippen LogP contribution in [0.25, 0.3) is 11.1 Å². The lowest BCUT2D eigenvalue weighted by Gasteiger charge is -2.04. The average Bonchev–Trinajstić information content (AvgIpc) is 2.87. The van der Waals surface area contributed by atoms with Gasteiger partial charge in [0.1, 0.15) is 5.75 Å². The largest absolute Gasteiger partial charge is 0.497 e. The van der Waals surface area contributed by atoms with Gasteiger partial charge in [-0.3, -0.25) is 4.68 Å². The Morgan fingerprint density at radius 3 is 2.94 bits per heavy atom. The minimum Gasteiger partial charge on any atom is -0.497 e. The zero-order chi connectivity index (χ0) is 13.0. The van der Waals surface area contributed by atoms with Crippen LogP contribution in [0.15, 0.2) is 30.6 Å². The summed E-state index contributed by atoms with van der Waals surface area (Å²) < 4.78 is 7.08. The highest BCUT2D eigenvalue weighted by molar-refractivity contribution is 5.71. The van der Waals surface area contributed by atoms with Gasteiger partial charge in [0.05, 0.1) is 24.9 Å². The van der Waals surface area contributed by atoms with E-state index in [9.17, 15) is 0 Å². The van der Waals surface area contributed by atoms with E-state index >= 15 is 0 Å². The maximum absolute atomic E-state index is 9.14. The first-order valence-corrected chi connectivity index (χ1v) is 5.89. The molecule has 0 bridgehead atoms. The average molecular weight is 241 g/mol. The summed E-state index contributed by atoms with van der Waals surface area (Å²) in [5.74, 6) is 0.743. The summed E-state index contributed by atoms with van der Waals surface area (Å²) in [5.41, 5.74) is 2.44. The fourth-order valence-corrected chi connectivity index (χ4v) is 1.84. The molecule has 0 saturated carbocycles. The summed E-state index contributed by atoms with van der Waals surface area (Å²) in [7, 11) is 1.62. The van der Waals surface area contributed by atoms with Gasteiger partial charge in [0, 0.05) is 23.9 Å². The Morgan fingerprint density at radius 2 is 2.28 bits per heavy atom. The zero-order valence-corrected chi connectivity index (χ0v) is 10.6. The number of aryl methyl sites for hydroxylation is 1. The van der Waals surface area contributed by atoms with Gasteiger partial charge in [-0.2, -0.15) is 10.4 Å². The predicted octanol–water partition coefficient (Wildman–Crippen LogP) is 2.84. The van der Waals surface area contributed by atoms with Crippen LogP contribution < -0.4 is 4.74 Å². The first kappa shape index (κ1) is 12.2. The molecule has 0 aliphatic rings. The smallest absolute Gasteiger partial charge is 0.119 e. The molecule has 4 nitrogen and oxygen atoms in total. The van der Waals surface area contributed by atoms with Gasteiger partial charge in [-0.15, -0.1) is 0 Å². The molecular weight excluding hydrogens is 226 g/mol. The monoisotopic (exact) mass is 241 g/mol. The molecule has 0 saturated heterocycles. The third kappa shape index (κ3) is 2.35. The van der Waals surface area contributed by atoms with Crippen molar-refractivity contribution in [3.8, 4) is 22.9 Å². The Morgan fingerprint density at radius 1 is 1.44 bits per heavy atom. The second kappa shape index (κ2) is 5.37. The van der Waals surface area contributed by atoms with Crippen LogP contribution >= 0.6 is 0 Å². The molecule has 92 valence electrons. The van der Waals surface area contributed by atoms with E-state index in [0.717, 1.165) is 29.8 Å². The summed E-state index contributed by atoms with van der Waals surface area (Å²) in [5, 5.41) is 13.4.